The van der Waals surface area contributed by atoms with Crippen molar-refractivity contribution in [3.8, 4) is 0 Å². The van der Waals surface area contributed by atoms with Gasteiger partial charge in [0.2, 0.25) is 0 Å². The lowest BCUT2D eigenvalue weighted by Crippen LogP contribution is -2.49. The Morgan fingerprint density at radius 3 is 2.47 bits per heavy atom. The molecule has 1 aliphatic carbocycles. The molecule has 2 aliphatic rings. The second-order valence-corrected chi connectivity index (χ2v) is 4.78. The Balaban J connectivity index is 1.72. The summed E-state index contributed by atoms with van der Waals surface area (Å²) in [5, 5.41) is 3.38. The zero-order valence-corrected chi connectivity index (χ0v) is 9.87. The molecule has 3 nitrogen and oxygen atoms in total. The van der Waals surface area contributed by atoms with E-state index in [0.29, 0.717) is 12.3 Å². The van der Waals surface area contributed by atoms with Gasteiger partial charge in [0.1, 0.15) is 6.23 Å². The Labute approximate surface area is 93.2 Å². The third kappa shape index (κ3) is 3.44. The number of hydrogen-bond donors (Lipinski definition) is 1. The van der Waals surface area contributed by atoms with E-state index in [4.69, 9.17) is 4.74 Å². The molecule has 0 spiro atoms. The van der Waals surface area contributed by atoms with Gasteiger partial charge in [0.05, 0.1) is 6.10 Å². The maximum absolute atomic E-state index is 6.13. The van der Waals surface area contributed by atoms with E-state index in [1.165, 1.54) is 32.1 Å². The van der Waals surface area contributed by atoms with Crippen molar-refractivity contribution in [2.45, 2.75) is 51.4 Å². The molecule has 1 saturated carbocycles. The molecular formula is C12H24N2O. The topological polar surface area (TPSA) is 24.5 Å². The van der Waals surface area contributed by atoms with Crippen LogP contribution in [-0.2, 0) is 4.74 Å². The largest absolute Gasteiger partial charge is 0.360 e. The van der Waals surface area contributed by atoms with Crippen LogP contribution in [0.2, 0.25) is 0 Å². The van der Waals surface area contributed by atoms with Crippen LogP contribution in [0, 0.1) is 0 Å². The molecule has 1 saturated heterocycles. The van der Waals surface area contributed by atoms with Gasteiger partial charge in [-0.1, -0.05) is 19.3 Å². The monoisotopic (exact) mass is 212 g/mol. The predicted octanol–water partition coefficient (Wildman–Crippen LogP) is 1.59. The summed E-state index contributed by atoms with van der Waals surface area (Å²) in [5.74, 6) is 0. The molecule has 2 fully saturated rings. The molecule has 0 aromatic heterocycles. The molecule has 0 radical (unpaired) electrons. The summed E-state index contributed by atoms with van der Waals surface area (Å²) in [7, 11) is 0. The van der Waals surface area contributed by atoms with Crippen molar-refractivity contribution < 1.29 is 4.74 Å². The highest BCUT2D eigenvalue weighted by atomic mass is 16.5. The average Bonchev–Trinajstić information content (AvgIpc) is 2.31. The Hall–Kier alpha value is -0.120. The highest BCUT2D eigenvalue weighted by Gasteiger charge is 2.21. The molecule has 3 heteroatoms. The summed E-state index contributed by atoms with van der Waals surface area (Å²) in [6.07, 6.45) is 7.52. The van der Waals surface area contributed by atoms with Crippen molar-refractivity contribution in [1.29, 1.82) is 0 Å². The maximum atomic E-state index is 6.13. The molecule has 15 heavy (non-hydrogen) atoms. The molecule has 1 heterocycles. The molecular weight excluding hydrogens is 188 g/mol. The molecule has 1 atom stereocenters. The van der Waals surface area contributed by atoms with Crippen molar-refractivity contribution in [2.24, 2.45) is 0 Å². The number of nitrogens with zero attached hydrogens (tertiary/aromatic N) is 1. The van der Waals surface area contributed by atoms with Gasteiger partial charge in [-0.25, -0.2) is 0 Å². The molecule has 1 unspecified atom stereocenters. The summed E-state index contributed by atoms with van der Waals surface area (Å²) in [6, 6.07) is 0. The van der Waals surface area contributed by atoms with Crippen molar-refractivity contribution in [2.75, 3.05) is 26.2 Å². The average molecular weight is 212 g/mol. The van der Waals surface area contributed by atoms with Gasteiger partial charge in [0.25, 0.3) is 0 Å². The fourth-order valence-corrected chi connectivity index (χ4v) is 2.61. The number of rotatable bonds is 3. The highest BCUT2D eigenvalue weighted by Crippen LogP contribution is 2.22. The first-order valence-corrected chi connectivity index (χ1v) is 6.46. The Kier molecular flexibility index (Phi) is 4.42. The normalized spacial score (nSPS) is 27.8. The smallest absolute Gasteiger partial charge is 0.108 e. The molecule has 2 rings (SSSR count). The fourth-order valence-electron chi connectivity index (χ4n) is 2.61. The van der Waals surface area contributed by atoms with Crippen molar-refractivity contribution >= 4 is 0 Å². The standard InChI is InChI=1S/C12H24N2O/c1-11(14-9-7-13-8-10-14)15-12-5-3-2-4-6-12/h11-13H,2-10H2,1H3. The highest BCUT2D eigenvalue weighted by molar-refractivity contribution is 4.71. The fraction of sp³-hybridized carbons (Fsp3) is 1.00. The van der Waals surface area contributed by atoms with Gasteiger partial charge < -0.3 is 10.1 Å². The maximum Gasteiger partial charge on any atom is 0.108 e. The Morgan fingerprint density at radius 2 is 1.80 bits per heavy atom. The summed E-state index contributed by atoms with van der Waals surface area (Å²) >= 11 is 0. The van der Waals surface area contributed by atoms with Crippen LogP contribution in [0.15, 0.2) is 0 Å². The van der Waals surface area contributed by atoms with Crippen LogP contribution in [0.1, 0.15) is 39.0 Å². The van der Waals surface area contributed by atoms with Crippen LogP contribution < -0.4 is 5.32 Å². The quantitative estimate of drug-likeness (QED) is 0.769. The third-order valence-corrected chi connectivity index (χ3v) is 3.61. The SMILES string of the molecule is CC(OC1CCCCC1)N1CCNCC1. The van der Waals surface area contributed by atoms with E-state index < -0.39 is 0 Å². The molecule has 1 N–H and O–H groups in total. The Morgan fingerprint density at radius 1 is 1.13 bits per heavy atom. The van der Waals surface area contributed by atoms with Gasteiger partial charge in [-0.2, -0.15) is 0 Å². The van der Waals surface area contributed by atoms with Crippen molar-refractivity contribution in [3.63, 3.8) is 0 Å². The van der Waals surface area contributed by atoms with Gasteiger partial charge >= 0.3 is 0 Å². The molecule has 0 aromatic carbocycles. The van der Waals surface area contributed by atoms with E-state index in [9.17, 15) is 0 Å². The van der Waals surface area contributed by atoms with Crippen LogP contribution in [0.3, 0.4) is 0 Å². The minimum absolute atomic E-state index is 0.315. The lowest BCUT2D eigenvalue weighted by Gasteiger charge is -2.35. The van der Waals surface area contributed by atoms with Crippen LogP contribution >= 0.6 is 0 Å². The lowest BCUT2D eigenvalue weighted by atomic mass is 9.98. The van der Waals surface area contributed by atoms with Crippen LogP contribution in [-0.4, -0.2) is 43.4 Å². The van der Waals surface area contributed by atoms with Gasteiger partial charge in [0.15, 0.2) is 0 Å². The van der Waals surface area contributed by atoms with Gasteiger partial charge in [0, 0.05) is 26.2 Å². The second kappa shape index (κ2) is 5.83. The van der Waals surface area contributed by atoms with Crippen molar-refractivity contribution in [1.82, 2.24) is 10.2 Å². The van der Waals surface area contributed by atoms with Crippen LogP contribution in [0.4, 0.5) is 0 Å². The van der Waals surface area contributed by atoms with Gasteiger partial charge in [-0.15, -0.1) is 0 Å². The molecule has 0 bridgehead atoms. The van der Waals surface area contributed by atoms with E-state index in [-0.39, 0.29) is 0 Å². The second-order valence-electron chi connectivity index (χ2n) is 4.78. The first kappa shape index (κ1) is 11.4. The molecule has 0 aromatic rings. The van der Waals surface area contributed by atoms with E-state index in [1.54, 1.807) is 0 Å². The number of piperazine rings is 1. The zero-order valence-electron chi connectivity index (χ0n) is 9.87. The Bertz CT molecular complexity index is 174. The summed E-state index contributed by atoms with van der Waals surface area (Å²) in [4.78, 5) is 2.45. The van der Waals surface area contributed by atoms with E-state index in [0.717, 1.165) is 26.2 Å². The predicted molar refractivity (Wildman–Crippen MR) is 61.9 cm³/mol. The molecule has 88 valence electrons. The van der Waals surface area contributed by atoms with E-state index in [2.05, 4.69) is 17.1 Å². The molecule has 0 amide bonds. The minimum Gasteiger partial charge on any atom is -0.360 e. The summed E-state index contributed by atoms with van der Waals surface area (Å²) < 4.78 is 6.13. The van der Waals surface area contributed by atoms with E-state index >= 15 is 0 Å². The lowest BCUT2D eigenvalue weighted by molar-refractivity contribution is -0.102. The number of hydrogen-bond acceptors (Lipinski definition) is 3. The van der Waals surface area contributed by atoms with Gasteiger partial charge in [-0.05, 0) is 19.8 Å². The van der Waals surface area contributed by atoms with Crippen LogP contribution in [0.5, 0.6) is 0 Å². The van der Waals surface area contributed by atoms with Gasteiger partial charge in [-0.3, -0.25) is 4.90 Å². The first-order valence-electron chi connectivity index (χ1n) is 6.46. The molecule has 1 aliphatic heterocycles. The summed E-state index contributed by atoms with van der Waals surface area (Å²) in [5.41, 5.74) is 0. The first-order chi connectivity index (χ1) is 7.36. The van der Waals surface area contributed by atoms with Crippen LogP contribution in [0.25, 0.3) is 0 Å². The third-order valence-electron chi connectivity index (χ3n) is 3.61. The van der Waals surface area contributed by atoms with E-state index in [1.807, 2.05) is 0 Å². The number of ether oxygens (including phenoxy) is 1. The minimum atomic E-state index is 0.315. The number of nitrogens with one attached hydrogen (secondary N) is 1. The van der Waals surface area contributed by atoms with Crippen molar-refractivity contribution in [3.05, 3.63) is 0 Å². The summed E-state index contributed by atoms with van der Waals surface area (Å²) in [6.45, 7) is 6.69. The zero-order chi connectivity index (χ0) is 10.5.